The number of hydrogen-bond acceptors (Lipinski definition) is 3. The van der Waals surface area contributed by atoms with Crippen LogP contribution in [0.15, 0.2) is 54.7 Å². The maximum atomic E-state index is 14.4. The van der Waals surface area contributed by atoms with Gasteiger partial charge in [0.1, 0.15) is 12.4 Å². The molecule has 0 radical (unpaired) electrons. The molecule has 0 aliphatic carbocycles. The molecule has 0 atom stereocenters. The Kier molecular flexibility index (Phi) is 6.04. The summed E-state index contributed by atoms with van der Waals surface area (Å²) in [7, 11) is 0. The third-order valence-electron chi connectivity index (χ3n) is 5.26. The van der Waals surface area contributed by atoms with Gasteiger partial charge in [-0.2, -0.15) is 26.3 Å². The molecule has 3 aromatic rings. The van der Waals surface area contributed by atoms with Crippen molar-refractivity contribution in [2.45, 2.75) is 25.4 Å². The molecule has 0 amide bonds. The zero-order valence-electron chi connectivity index (χ0n) is 17.0. The zero-order chi connectivity index (χ0) is 23.8. The molecule has 0 unspecified atom stereocenters. The van der Waals surface area contributed by atoms with E-state index < -0.39 is 29.3 Å². The number of alkyl halides is 6. The highest BCUT2D eigenvalue weighted by Gasteiger charge is 2.37. The van der Waals surface area contributed by atoms with Crippen molar-refractivity contribution in [3.63, 3.8) is 0 Å². The summed E-state index contributed by atoms with van der Waals surface area (Å²) < 4.78 is 99.3. The molecule has 1 aliphatic heterocycles. The second kappa shape index (κ2) is 8.66. The van der Waals surface area contributed by atoms with Crippen molar-refractivity contribution in [1.82, 2.24) is 9.88 Å². The fourth-order valence-electron chi connectivity index (χ4n) is 3.76. The molecule has 174 valence electrons. The van der Waals surface area contributed by atoms with E-state index >= 15 is 0 Å². The number of ether oxygens (including phenoxy) is 1. The molecule has 33 heavy (non-hydrogen) atoms. The number of rotatable bonds is 3. The fourth-order valence-corrected chi connectivity index (χ4v) is 3.76. The van der Waals surface area contributed by atoms with Crippen LogP contribution < -0.4 is 4.74 Å². The van der Waals surface area contributed by atoms with Gasteiger partial charge in [0, 0.05) is 37.0 Å². The van der Waals surface area contributed by atoms with Crippen molar-refractivity contribution in [3.05, 3.63) is 82.8 Å². The minimum atomic E-state index is -4.92. The highest BCUT2D eigenvalue weighted by Crippen LogP contribution is 2.37. The van der Waals surface area contributed by atoms with Crippen molar-refractivity contribution < 1.29 is 35.5 Å². The van der Waals surface area contributed by atoms with Gasteiger partial charge in [0.2, 0.25) is 5.88 Å². The molecule has 2 aromatic carbocycles. The molecule has 1 aromatic heterocycles. The standard InChI is InChI=1S/C23H17F7N2O/c24-20-4-2-1-3-18(20)17-5-6-31-21-19(17)13-32(7-8-33-21)12-14-9-15(22(25,26)27)11-16(10-14)23(28,29)30/h1-6,9-11H,7-8,12-13H2. The van der Waals surface area contributed by atoms with Crippen LogP contribution in [0.25, 0.3) is 11.1 Å². The minimum Gasteiger partial charge on any atom is -0.476 e. The van der Waals surface area contributed by atoms with Gasteiger partial charge in [-0.25, -0.2) is 9.37 Å². The first-order valence-corrected chi connectivity index (χ1v) is 9.88. The number of hydrogen-bond donors (Lipinski definition) is 0. The topological polar surface area (TPSA) is 25.4 Å². The summed E-state index contributed by atoms with van der Waals surface area (Å²) >= 11 is 0. The second-order valence-corrected chi connectivity index (χ2v) is 7.60. The SMILES string of the molecule is Fc1ccccc1-c1ccnc2c1CN(Cc1cc(C(F)(F)F)cc(C(F)(F)F)c1)CCO2. The highest BCUT2D eigenvalue weighted by atomic mass is 19.4. The van der Waals surface area contributed by atoms with E-state index in [0.717, 1.165) is 0 Å². The smallest absolute Gasteiger partial charge is 0.416 e. The normalized spacial score (nSPS) is 15.0. The number of nitrogens with zero attached hydrogens (tertiary/aromatic N) is 2. The number of pyridine rings is 1. The third kappa shape index (κ3) is 5.11. The first kappa shape index (κ1) is 23.0. The summed E-state index contributed by atoms with van der Waals surface area (Å²) in [6.07, 6.45) is -8.39. The van der Waals surface area contributed by atoms with Crippen LogP contribution in [0.1, 0.15) is 22.3 Å². The van der Waals surface area contributed by atoms with Gasteiger partial charge >= 0.3 is 12.4 Å². The first-order chi connectivity index (χ1) is 15.5. The summed E-state index contributed by atoms with van der Waals surface area (Å²) in [6.45, 7) is 0.252. The van der Waals surface area contributed by atoms with E-state index in [1.807, 2.05) is 0 Å². The van der Waals surface area contributed by atoms with E-state index in [4.69, 9.17) is 4.74 Å². The van der Waals surface area contributed by atoms with Crippen molar-refractivity contribution in [3.8, 4) is 17.0 Å². The predicted molar refractivity (Wildman–Crippen MR) is 106 cm³/mol. The van der Waals surface area contributed by atoms with Gasteiger partial charge in [-0.05, 0) is 41.5 Å². The molecule has 4 rings (SSSR count). The Morgan fingerprint density at radius 1 is 0.879 bits per heavy atom. The molecule has 1 aliphatic rings. The molecular weight excluding hydrogens is 453 g/mol. The Balaban J connectivity index is 1.70. The minimum absolute atomic E-state index is 0.102. The summed E-state index contributed by atoms with van der Waals surface area (Å²) in [5.74, 6) is -0.229. The molecular formula is C23H17F7N2O. The van der Waals surface area contributed by atoms with Gasteiger partial charge in [0.25, 0.3) is 0 Å². The molecule has 0 fully saturated rings. The van der Waals surface area contributed by atoms with Gasteiger partial charge in [-0.15, -0.1) is 0 Å². The van der Waals surface area contributed by atoms with E-state index in [1.165, 1.54) is 18.3 Å². The van der Waals surface area contributed by atoms with Crippen molar-refractivity contribution in [1.29, 1.82) is 0 Å². The lowest BCUT2D eigenvalue weighted by Gasteiger charge is -2.22. The Morgan fingerprint density at radius 3 is 2.18 bits per heavy atom. The van der Waals surface area contributed by atoms with Crippen LogP contribution in [0.3, 0.4) is 0 Å². The maximum Gasteiger partial charge on any atom is 0.416 e. The lowest BCUT2D eigenvalue weighted by molar-refractivity contribution is -0.143. The Hall–Kier alpha value is -3.14. The molecule has 3 nitrogen and oxygen atoms in total. The summed E-state index contributed by atoms with van der Waals surface area (Å²) in [5.41, 5.74) is -1.59. The molecule has 2 heterocycles. The largest absolute Gasteiger partial charge is 0.476 e. The van der Waals surface area contributed by atoms with Crippen LogP contribution >= 0.6 is 0 Å². The molecule has 10 heteroatoms. The highest BCUT2D eigenvalue weighted by molar-refractivity contribution is 5.69. The summed E-state index contributed by atoms with van der Waals surface area (Å²) in [6, 6.07) is 9.17. The number of halogens is 7. The third-order valence-corrected chi connectivity index (χ3v) is 5.26. The number of aromatic nitrogens is 1. The monoisotopic (exact) mass is 470 g/mol. The quantitative estimate of drug-likeness (QED) is 0.419. The van der Waals surface area contributed by atoms with E-state index in [-0.39, 0.29) is 43.8 Å². The first-order valence-electron chi connectivity index (χ1n) is 9.88. The lowest BCUT2D eigenvalue weighted by Crippen LogP contribution is -2.26. The summed E-state index contributed by atoms with van der Waals surface area (Å²) in [5, 5.41) is 0. The van der Waals surface area contributed by atoms with Crippen LogP contribution in [-0.2, 0) is 25.4 Å². The van der Waals surface area contributed by atoms with E-state index in [9.17, 15) is 30.7 Å². The maximum absolute atomic E-state index is 14.4. The zero-order valence-corrected chi connectivity index (χ0v) is 17.0. The fraction of sp³-hybridized carbons (Fsp3) is 0.261. The van der Waals surface area contributed by atoms with Crippen molar-refractivity contribution in [2.24, 2.45) is 0 Å². The van der Waals surface area contributed by atoms with E-state index in [1.54, 1.807) is 23.1 Å². The molecule has 0 N–H and O–H groups in total. The van der Waals surface area contributed by atoms with Crippen LogP contribution in [0.2, 0.25) is 0 Å². The van der Waals surface area contributed by atoms with Crippen LogP contribution in [0.5, 0.6) is 5.88 Å². The van der Waals surface area contributed by atoms with Gasteiger partial charge in [-0.3, -0.25) is 4.90 Å². The van der Waals surface area contributed by atoms with Crippen molar-refractivity contribution >= 4 is 0 Å². The van der Waals surface area contributed by atoms with Crippen LogP contribution in [0, 0.1) is 5.82 Å². The van der Waals surface area contributed by atoms with Gasteiger partial charge < -0.3 is 4.74 Å². The van der Waals surface area contributed by atoms with Crippen molar-refractivity contribution in [2.75, 3.05) is 13.2 Å². The summed E-state index contributed by atoms with van der Waals surface area (Å²) in [4.78, 5) is 5.81. The Labute approximate surface area is 184 Å². The Bertz CT molecular complexity index is 1130. The average Bonchev–Trinajstić information content (AvgIpc) is 2.94. The predicted octanol–water partition coefficient (Wildman–Crippen LogP) is 6.32. The van der Waals surface area contributed by atoms with Crippen LogP contribution in [0.4, 0.5) is 30.7 Å². The average molecular weight is 470 g/mol. The lowest BCUT2D eigenvalue weighted by atomic mass is 10.00. The van der Waals surface area contributed by atoms with Gasteiger partial charge in [0.05, 0.1) is 11.1 Å². The number of benzene rings is 2. The van der Waals surface area contributed by atoms with Gasteiger partial charge in [-0.1, -0.05) is 18.2 Å². The van der Waals surface area contributed by atoms with Crippen LogP contribution in [-0.4, -0.2) is 23.0 Å². The Morgan fingerprint density at radius 2 is 1.55 bits per heavy atom. The van der Waals surface area contributed by atoms with E-state index in [2.05, 4.69) is 4.98 Å². The molecule has 0 bridgehead atoms. The number of fused-ring (bicyclic) bond motifs is 1. The second-order valence-electron chi connectivity index (χ2n) is 7.60. The van der Waals surface area contributed by atoms with E-state index in [0.29, 0.717) is 28.8 Å². The molecule has 0 saturated heterocycles. The molecule has 0 saturated carbocycles. The molecule has 0 spiro atoms. The van der Waals surface area contributed by atoms with Gasteiger partial charge in [0.15, 0.2) is 0 Å².